The van der Waals surface area contributed by atoms with Crippen LogP contribution in [-0.2, 0) is 6.54 Å². The topological polar surface area (TPSA) is 65.2 Å². The average molecular weight is 484 g/mol. The van der Waals surface area contributed by atoms with Gasteiger partial charge in [0.1, 0.15) is 0 Å². The number of aryl methyl sites for hydroxylation is 2. The molecule has 1 amide bonds. The maximum absolute atomic E-state index is 13.2. The van der Waals surface area contributed by atoms with E-state index in [0.29, 0.717) is 22.2 Å². The molecule has 0 bridgehead atoms. The maximum Gasteiger partial charge on any atom is 0.253 e. The number of nitrogens with one attached hydrogen (secondary N) is 2. The van der Waals surface area contributed by atoms with Crippen LogP contribution >= 0.6 is 11.6 Å². The maximum atomic E-state index is 13.2. The first-order valence-corrected chi connectivity index (χ1v) is 13.2. The van der Waals surface area contributed by atoms with E-state index < -0.39 is 0 Å². The highest BCUT2D eigenvalue weighted by atomic mass is 35.5. The molecule has 2 N–H and O–H groups in total. The molecule has 34 heavy (non-hydrogen) atoms. The second-order valence-corrected chi connectivity index (χ2v) is 10.7. The Morgan fingerprint density at radius 2 is 1.74 bits per heavy atom. The van der Waals surface area contributed by atoms with Crippen molar-refractivity contribution in [2.75, 3.05) is 11.4 Å². The molecule has 5 nitrogen and oxygen atoms in total. The van der Waals surface area contributed by atoms with Crippen LogP contribution in [0.3, 0.4) is 0 Å². The number of benzene rings is 1. The van der Waals surface area contributed by atoms with Gasteiger partial charge in [-0.3, -0.25) is 9.59 Å². The van der Waals surface area contributed by atoms with Crippen LogP contribution in [0.2, 0.25) is 5.02 Å². The van der Waals surface area contributed by atoms with E-state index in [2.05, 4.69) is 22.1 Å². The summed E-state index contributed by atoms with van der Waals surface area (Å²) in [6, 6.07) is 6.15. The SMILES string of the molecule is CCN(c1cc(Cl)cc(C(=O)NCc2c(C)cc(C)[nH]c2=O)c1C)[C@H]1CC[C@H](C2CCC2)CC1. The minimum absolute atomic E-state index is 0.157. The van der Waals surface area contributed by atoms with Gasteiger partial charge in [-0.15, -0.1) is 0 Å². The van der Waals surface area contributed by atoms with Gasteiger partial charge in [0.25, 0.3) is 11.5 Å². The van der Waals surface area contributed by atoms with Crippen LogP contribution in [0.25, 0.3) is 0 Å². The monoisotopic (exact) mass is 483 g/mol. The van der Waals surface area contributed by atoms with Gasteiger partial charge in [0.05, 0.1) is 0 Å². The molecule has 2 aliphatic carbocycles. The first-order valence-electron chi connectivity index (χ1n) is 12.8. The molecule has 184 valence electrons. The molecule has 1 aromatic heterocycles. The van der Waals surface area contributed by atoms with Crippen LogP contribution in [-0.4, -0.2) is 23.5 Å². The Morgan fingerprint density at radius 1 is 1.06 bits per heavy atom. The van der Waals surface area contributed by atoms with E-state index in [1.807, 2.05) is 32.9 Å². The van der Waals surface area contributed by atoms with Gasteiger partial charge in [-0.25, -0.2) is 0 Å². The van der Waals surface area contributed by atoms with Crippen LogP contribution in [0.4, 0.5) is 5.69 Å². The molecule has 0 aliphatic heterocycles. The number of nitrogens with zero attached hydrogens (tertiary/aromatic N) is 1. The summed E-state index contributed by atoms with van der Waals surface area (Å²) < 4.78 is 0. The highest BCUT2D eigenvalue weighted by Gasteiger charge is 2.33. The van der Waals surface area contributed by atoms with Crippen molar-refractivity contribution in [2.24, 2.45) is 11.8 Å². The smallest absolute Gasteiger partial charge is 0.253 e. The standard InChI is InChI=1S/C28H38ClN3O2/c1-5-32(23-11-9-21(10-12-23)20-7-6-8-20)26-15-22(29)14-24(19(26)4)27(33)30-16-25-17(2)13-18(3)31-28(25)34/h13-15,20-21,23H,5-12,16H2,1-4H3,(H,30,33)(H,31,34)/t21-,23-. The molecule has 2 aliphatic rings. The predicted molar refractivity (Wildman–Crippen MR) is 140 cm³/mol. The fourth-order valence-corrected chi connectivity index (χ4v) is 6.20. The Morgan fingerprint density at radius 3 is 2.32 bits per heavy atom. The van der Waals surface area contributed by atoms with Crippen LogP contribution in [0, 0.1) is 32.6 Å². The van der Waals surface area contributed by atoms with Gasteiger partial charge < -0.3 is 15.2 Å². The van der Waals surface area contributed by atoms with E-state index in [1.54, 1.807) is 6.07 Å². The first kappa shape index (κ1) is 24.8. The lowest BCUT2D eigenvalue weighted by Crippen LogP contribution is -2.40. The molecule has 0 unspecified atom stereocenters. The lowest BCUT2D eigenvalue weighted by molar-refractivity contribution is 0.0950. The largest absolute Gasteiger partial charge is 0.369 e. The number of carbonyl (C=O) groups excluding carboxylic acids is 1. The number of aromatic nitrogens is 1. The summed E-state index contributed by atoms with van der Waals surface area (Å²) in [6.07, 6.45) is 9.29. The fourth-order valence-electron chi connectivity index (χ4n) is 5.99. The molecule has 2 aromatic rings. The minimum atomic E-state index is -0.203. The van der Waals surface area contributed by atoms with E-state index >= 15 is 0 Å². The van der Waals surface area contributed by atoms with Crippen molar-refractivity contribution in [1.82, 2.24) is 10.3 Å². The Kier molecular flexibility index (Phi) is 7.71. The average Bonchev–Trinajstić information content (AvgIpc) is 2.75. The molecular weight excluding hydrogens is 446 g/mol. The van der Waals surface area contributed by atoms with E-state index in [4.69, 9.17) is 11.6 Å². The van der Waals surface area contributed by atoms with Crippen LogP contribution < -0.4 is 15.8 Å². The number of anilines is 1. The zero-order valence-electron chi connectivity index (χ0n) is 21.0. The summed E-state index contributed by atoms with van der Waals surface area (Å²) >= 11 is 6.52. The molecular formula is C28H38ClN3O2. The Hall–Kier alpha value is -2.27. The van der Waals surface area contributed by atoms with E-state index in [0.717, 1.165) is 40.9 Å². The molecule has 1 heterocycles. The van der Waals surface area contributed by atoms with Gasteiger partial charge in [0, 0.05) is 46.7 Å². The number of carbonyl (C=O) groups is 1. The Balaban J connectivity index is 1.50. The van der Waals surface area contributed by atoms with E-state index in [-0.39, 0.29) is 18.0 Å². The number of pyridine rings is 1. The summed E-state index contributed by atoms with van der Waals surface area (Å²) in [7, 11) is 0. The van der Waals surface area contributed by atoms with Gasteiger partial charge in [-0.1, -0.05) is 30.9 Å². The Bertz CT molecular complexity index is 1100. The number of H-pyrrole nitrogens is 1. The third-order valence-corrected chi connectivity index (χ3v) is 8.38. The van der Waals surface area contributed by atoms with Crippen molar-refractivity contribution in [3.63, 3.8) is 0 Å². The van der Waals surface area contributed by atoms with Crippen molar-refractivity contribution >= 4 is 23.2 Å². The first-order chi connectivity index (χ1) is 16.3. The Labute approximate surface area is 208 Å². The van der Waals surface area contributed by atoms with Gasteiger partial charge in [0.15, 0.2) is 0 Å². The molecule has 1 aromatic carbocycles. The number of amides is 1. The molecule has 0 spiro atoms. The summed E-state index contributed by atoms with van der Waals surface area (Å²) in [6.45, 7) is 9.01. The van der Waals surface area contributed by atoms with Crippen molar-refractivity contribution in [1.29, 1.82) is 0 Å². The number of hydrogen-bond donors (Lipinski definition) is 2. The second-order valence-electron chi connectivity index (χ2n) is 10.3. The normalized spacial score (nSPS) is 20.6. The molecule has 2 fully saturated rings. The summed E-state index contributed by atoms with van der Waals surface area (Å²) in [5.74, 6) is 1.66. The number of halogens is 1. The van der Waals surface area contributed by atoms with E-state index in [1.165, 1.54) is 44.9 Å². The van der Waals surface area contributed by atoms with Crippen molar-refractivity contribution < 1.29 is 4.79 Å². The summed E-state index contributed by atoms with van der Waals surface area (Å²) in [5.41, 5.74) is 4.68. The van der Waals surface area contributed by atoms with Gasteiger partial charge in [-0.2, -0.15) is 0 Å². The van der Waals surface area contributed by atoms with Gasteiger partial charge in [-0.05, 0) is 94.5 Å². The number of rotatable bonds is 7. The second kappa shape index (κ2) is 10.6. The van der Waals surface area contributed by atoms with Gasteiger partial charge in [0.2, 0.25) is 0 Å². The zero-order chi connectivity index (χ0) is 24.4. The van der Waals surface area contributed by atoms with Crippen LogP contribution in [0.15, 0.2) is 23.0 Å². The lowest BCUT2D eigenvalue weighted by Gasteiger charge is -2.42. The lowest BCUT2D eigenvalue weighted by atomic mass is 9.69. The number of hydrogen-bond acceptors (Lipinski definition) is 3. The van der Waals surface area contributed by atoms with Crippen LogP contribution in [0.5, 0.6) is 0 Å². The molecule has 0 radical (unpaired) electrons. The van der Waals surface area contributed by atoms with Crippen LogP contribution in [0.1, 0.15) is 84.6 Å². The predicted octanol–water partition coefficient (Wildman–Crippen LogP) is 6.07. The van der Waals surface area contributed by atoms with E-state index in [9.17, 15) is 9.59 Å². The van der Waals surface area contributed by atoms with Crippen molar-refractivity contribution in [3.8, 4) is 0 Å². The molecule has 2 saturated carbocycles. The zero-order valence-corrected chi connectivity index (χ0v) is 21.7. The molecule has 4 rings (SSSR count). The van der Waals surface area contributed by atoms with Crippen molar-refractivity contribution in [2.45, 2.75) is 85.2 Å². The molecule has 0 atom stereocenters. The third kappa shape index (κ3) is 5.19. The molecule has 6 heteroatoms. The summed E-state index contributed by atoms with van der Waals surface area (Å²) in [5, 5.41) is 3.51. The third-order valence-electron chi connectivity index (χ3n) is 8.16. The minimum Gasteiger partial charge on any atom is -0.369 e. The molecule has 0 saturated heterocycles. The summed E-state index contributed by atoms with van der Waals surface area (Å²) in [4.78, 5) is 30.8. The van der Waals surface area contributed by atoms with Crippen molar-refractivity contribution in [3.05, 3.63) is 61.5 Å². The highest BCUT2D eigenvalue weighted by Crippen LogP contribution is 2.43. The number of aromatic amines is 1. The highest BCUT2D eigenvalue weighted by molar-refractivity contribution is 6.31. The fraction of sp³-hybridized carbons (Fsp3) is 0.571. The quantitative estimate of drug-likeness (QED) is 0.502. The van der Waals surface area contributed by atoms with Gasteiger partial charge >= 0.3 is 0 Å².